The van der Waals surface area contributed by atoms with Crippen molar-refractivity contribution in [1.82, 2.24) is 4.98 Å². The standard InChI is InChI=1S/C12H18BrN3O2/c1-7-9(14)5-15-11(10(7)13)16-6-12(17)3-4-18-8(12)2/h5,8,17H,3-4,6,14H2,1-2H3,(H,15,16). The van der Waals surface area contributed by atoms with Gasteiger partial charge in [0, 0.05) is 19.6 Å². The molecule has 0 aliphatic carbocycles. The summed E-state index contributed by atoms with van der Waals surface area (Å²) in [5.74, 6) is 0.689. The lowest BCUT2D eigenvalue weighted by molar-refractivity contribution is -0.0176. The first-order valence-electron chi connectivity index (χ1n) is 5.92. The SMILES string of the molecule is Cc1c(N)cnc(NCC2(O)CCOC2C)c1Br. The van der Waals surface area contributed by atoms with Crippen molar-refractivity contribution in [3.05, 3.63) is 16.2 Å². The van der Waals surface area contributed by atoms with E-state index in [0.29, 0.717) is 31.1 Å². The molecular weight excluding hydrogens is 298 g/mol. The average molecular weight is 316 g/mol. The molecule has 2 atom stereocenters. The van der Waals surface area contributed by atoms with E-state index in [-0.39, 0.29) is 6.10 Å². The van der Waals surface area contributed by atoms with Crippen LogP contribution in [-0.2, 0) is 4.74 Å². The second kappa shape index (κ2) is 5.03. The van der Waals surface area contributed by atoms with Crippen LogP contribution in [0.4, 0.5) is 11.5 Å². The number of nitrogen functional groups attached to an aromatic ring is 1. The van der Waals surface area contributed by atoms with E-state index >= 15 is 0 Å². The van der Waals surface area contributed by atoms with E-state index in [4.69, 9.17) is 10.5 Å². The van der Waals surface area contributed by atoms with E-state index in [2.05, 4.69) is 26.2 Å². The molecule has 0 amide bonds. The van der Waals surface area contributed by atoms with Gasteiger partial charge in [-0.25, -0.2) is 4.98 Å². The molecule has 18 heavy (non-hydrogen) atoms. The molecule has 0 aromatic carbocycles. The maximum Gasteiger partial charge on any atom is 0.140 e. The summed E-state index contributed by atoms with van der Waals surface area (Å²) in [4.78, 5) is 4.22. The highest BCUT2D eigenvalue weighted by molar-refractivity contribution is 9.10. The minimum atomic E-state index is -0.837. The lowest BCUT2D eigenvalue weighted by Crippen LogP contribution is -2.43. The number of rotatable bonds is 3. The Labute approximate surface area is 115 Å². The van der Waals surface area contributed by atoms with Crippen LogP contribution in [0, 0.1) is 6.92 Å². The molecular formula is C12H18BrN3O2. The second-order valence-electron chi connectivity index (χ2n) is 4.72. The van der Waals surface area contributed by atoms with Gasteiger partial charge in [0.15, 0.2) is 0 Å². The van der Waals surface area contributed by atoms with Gasteiger partial charge in [0.2, 0.25) is 0 Å². The van der Waals surface area contributed by atoms with Gasteiger partial charge in [-0.2, -0.15) is 0 Å². The fourth-order valence-electron chi connectivity index (χ4n) is 1.95. The maximum absolute atomic E-state index is 10.4. The quantitative estimate of drug-likeness (QED) is 0.791. The largest absolute Gasteiger partial charge is 0.397 e. The van der Waals surface area contributed by atoms with Crippen molar-refractivity contribution in [3.63, 3.8) is 0 Å². The molecule has 2 heterocycles. The van der Waals surface area contributed by atoms with E-state index in [1.807, 2.05) is 13.8 Å². The van der Waals surface area contributed by atoms with E-state index in [1.165, 1.54) is 0 Å². The number of anilines is 2. The van der Waals surface area contributed by atoms with Crippen molar-refractivity contribution in [2.45, 2.75) is 32.0 Å². The van der Waals surface area contributed by atoms with Crippen LogP contribution in [0.25, 0.3) is 0 Å². The molecule has 0 saturated carbocycles. The molecule has 5 nitrogen and oxygen atoms in total. The maximum atomic E-state index is 10.4. The van der Waals surface area contributed by atoms with Crippen molar-refractivity contribution < 1.29 is 9.84 Å². The molecule has 4 N–H and O–H groups in total. The van der Waals surface area contributed by atoms with Crippen molar-refractivity contribution in [3.8, 4) is 0 Å². The number of aliphatic hydroxyl groups is 1. The van der Waals surface area contributed by atoms with Gasteiger partial charge in [0.25, 0.3) is 0 Å². The predicted octanol–water partition coefficient (Wildman–Crippen LogP) is 1.69. The van der Waals surface area contributed by atoms with Crippen LogP contribution in [0.2, 0.25) is 0 Å². The molecule has 1 aromatic heterocycles. The van der Waals surface area contributed by atoms with Gasteiger partial charge in [-0.1, -0.05) is 0 Å². The van der Waals surface area contributed by atoms with Crippen molar-refractivity contribution in [1.29, 1.82) is 0 Å². The average Bonchev–Trinajstić information content (AvgIpc) is 2.66. The molecule has 1 saturated heterocycles. The molecule has 0 spiro atoms. The predicted molar refractivity (Wildman–Crippen MR) is 74.6 cm³/mol. The van der Waals surface area contributed by atoms with Gasteiger partial charge in [-0.15, -0.1) is 0 Å². The first-order chi connectivity index (χ1) is 8.44. The lowest BCUT2D eigenvalue weighted by atomic mass is 9.97. The molecule has 0 radical (unpaired) electrons. The zero-order valence-electron chi connectivity index (χ0n) is 10.5. The number of hydrogen-bond donors (Lipinski definition) is 3. The van der Waals surface area contributed by atoms with Crippen LogP contribution < -0.4 is 11.1 Å². The summed E-state index contributed by atoms with van der Waals surface area (Å²) in [6.45, 7) is 4.80. The highest BCUT2D eigenvalue weighted by Gasteiger charge is 2.39. The third-order valence-corrected chi connectivity index (χ3v) is 4.49. The Morgan fingerprint density at radius 3 is 3.06 bits per heavy atom. The van der Waals surface area contributed by atoms with Crippen LogP contribution in [0.1, 0.15) is 18.9 Å². The van der Waals surface area contributed by atoms with Crippen molar-refractivity contribution >= 4 is 27.4 Å². The fourth-order valence-corrected chi connectivity index (χ4v) is 2.43. The molecule has 1 fully saturated rings. The van der Waals surface area contributed by atoms with Gasteiger partial charge >= 0.3 is 0 Å². The van der Waals surface area contributed by atoms with E-state index in [0.717, 1.165) is 10.0 Å². The highest BCUT2D eigenvalue weighted by Crippen LogP contribution is 2.30. The summed E-state index contributed by atoms with van der Waals surface area (Å²) in [5.41, 5.74) is 6.51. The van der Waals surface area contributed by atoms with Crippen molar-refractivity contribution in [2.75, 3.05) is 24.2 Å². The van der Waals surface area contributed by atoms with Crippen LogP contribution in [0.3, 0.4) is 0 Å². The van der Waals surface area contributed by atoms with E-state index < -0.39 is 5.60 Å². The first kappa shape index (κ1) is 13.6. The number of nitrogens with zero attached hydrogens (tertiary/aromatic N) is 1. The Balaban J connectivity index is 2.09. The Bertz CT molecular complexity index is 455. The topological polar surface area (TPSA) is 80.4 Å². The third kappa shape index (κ3) is 2.46. The molecule has 100 valence electrons. The highest BCUT2D eigenvalue weighted by atomic mass is 79.9. The summed E-state index contributed by atoms with van der Waals surface area (Å²) >= 11 is 3.46. The van der Waals surface area contributed by atoms with Gasteiger partial charge in [-0.3, -0.25) is 0 Å². The molecule has 6 heteroatoms. The minimum absolute atomic E-state index is 0.168. The first-order valence-corrected chi connectivity index (χ1v) is 6.72. The number of hydrogen-bond acceptors (Lipinski definition) is 5. The van der Waals surface area contributed by atoms with Gasteiger partial charge in [0.05, 0.1) is 22.5 Å². The zero-order valence-corrected chi connectivity index (χ0v) is 12.1. The van der Waals surface area contributed by atoms with E-state index in [9.17, 15) is 5.11 Å². The minimum Gasteiger partial charge on any atom is -0.397 e. The fraction of sp³-hybridized carbons (Fsp3) is 0.583. The Kier molecular flexibility index (Phi) is 3.79. The molecule has 1 aliphatic rings. The molecule has 2 rings (SSSR count). The van der Waals surface area contributed by atoms with Gasteiger partial charge < -0.3 is 20.9 Å². The number of nitrogens with two attached hydrogens (primary N) is 1. The lowest BCUT2D eigenvalue weighted by Gasteiger charge is -2.26. The molecule has 0 bridgehead atoms. The number of halogens is 1. The molecule has 2 unspecified atom stereocenters. The van der Waals surface area contributed by atoms with Gasteiger partial charge in [-0.05, 0) is 35.3 Å². The molecule has 1 aliphatic heterocycles. The summed E-state index contributed by atoms with van der Waals surface area (Å²) in [7, 11) is 0. The molecule has 1 aromatic rings. The van der Waals surface area contributed by atoms with E-state index in [1.54, 1.807) is 6.20 Å². The normalized spacial score (nSPS) is 27.4. The van der Waals surface area contributed by atoms with Crippen molar-refractivity contribution in [2.24, 2.45) is 0 Å². The van der Waals surface area contributed by atoms with Gasteiger partial charge in [0.1, 0.15) is 11.4 Å². The monoisotopic (exact) mass is 315 g/mol. The Morgan fingerprint density at radius 2 is 2.44 bits per heavy atom. The Morgan fingerprint density at radius 1 is 1.72 bits per heavy atom. The summed E-state index contributed by atoms with van der Waals surface area (Å²) in [6, 6.07) is 0. The second-order valence-corrected chi connectivity index (χ2v) is 5.51. The smallest absolute Gasteiger partial charge is 0.140 e. The summed E-state index contributed by atoms with van der Waals surface area (Å²) in [6.07, 6.45) is 2.08. The number of aromatic nitrogens is 1. The third-order valence-electron chi connectivity index (χ3n) is 3.52. The Hall–Kier alpha value is -0.850. The number of nitrogens with one attached hydrogen (secondary N) is 1. The van der Waals surface area contributed by atoms with Crippen LogP contribution in [0.15, 0.2) is 10.7 Å². The number of pyridine rings is 1. The zero-order chi connectivity index (χ0) is 13.3. The van der Waals surface area contributed by atoms with Crippen LogP contribution in [-0.4, -0.2) is 34.9 Å². The summed E-state index contributed by atoms with van der Waals surface area (Å²) in [5, 5.41) is 13.5. The summed E-state index contributed by atoms with van der Waals surface area (Å²) < 4.78 is 6.22. The van der Waals surface area contributed by atoms with Crippen LogP contribution in [0.5, 0.6) is 0 Å². The van der Waals surface area contributed by atoms with Crippen LogP contribution >= 0.6 is 15.9 Å². The number of ether oxygens (including phenoxy) is 1.